The standard InChI is InChI=1S/C14H22N2O4S/c1-11-9-16(10-12(2)20-11)21(17,18)15-8-13-5-4-6-14(7-13)19-3/h4-7,11-12,15H,8-10H2,1-3H3. The molecule has 0 amide bonds. The Morgan fingerprint density at radius 2 is 2.00 bits per heavy atom. The normalized spacial score (nSPS) is 24.0. The van der Waals surface area contributed by atoms with Crippen LogP contribution in [-0.4, -0.2) is 45.1 Å². The van der Waals surface area contributed by atoms with Crippen molar-refractivity contribution in [3.05, 3.63) is 29.8 Å². The summed E-state index contributed by atoms with van der Waals surface area (Å²) in [5, 5.41) is 0. The second-order valence-electron chi connectivity index (χ2n) is 5.25. The third-order valence-electron chi connectivity index (χ3n) is 3.32. The lowest BCUT2D eigenvalue weighted by Crippen LogP contribution is -2.51. The molecule has 0 aliphatic carbocycles. The summed E-state index contributed by atoms with van der Waals surface area (Å²) in [6.07, 6.45) is -0.190. The van der Waals surface area contributed by atoms with Gasteiger partial charge in [0.1, 0.15) is 5.75 Å². The topological polar surface area (TPSA) is 67.9 Å². The minimum absolute atomic E-state index is 0.0952. The Hall–Kier alpha value is -1.15. The summed E-state index contributed by atoms with van der Waals surface area (Å²) in [5.41, 5.74) is 0.854. The molecule has 21 heavy (non-hydrogen) atoms. The van der Waals surface area contributed by atoms with Gasteiger partial charge in [-0.25, -0.2) is 0 Å². The maximum absolute atomic E-state index is 12.3. The van der Waals surface area contributed by atoms with Crippen molar-refractivity contribution in [3.8, 4) is 5.75 Å². The van der Waals surface area contributed by atoms with Gasteiger partial charge in [-0.05, 0) is 31.5 Å². The van der Waals surface area contributed by atoms with E-state index in [-0.39, 0.29) is 18.8 Å². The predicted octanol–water partition coefficient (Wildman–Crippen LogP) is 1.14. The lowest BCUT2D eigenvalue weighted by Gasteiger charge is -2.34. The molecule has 6 nitrogen and oxygen atoms in total. The Kier molecular flexibility index (Phi) is 5.21. The molecule has 1 N–H and O–H groups in total. The third-order valence-corrected chi connectivity index (χ3v) is 4.81. The van der Waals surface area contributed by atoms with E-state index in [1.165, 1.54) is 4.31 Å². The summed E-state index contributed by atoms with van der Waals surface area (Å²) in [5.74, 6) is 0.709. The molecule has 1 aliphatic heterocycles. The van der Waals surface area contributed by atoms with Gasteiger partial charge in [0.25, 0.3) is 10.2 Å². The number of morpholine rings is 1. The molecule has 1 saturated heterocycles. The second kappa shape index (κ2) is 6.74. The number of nitrogens with one attached hydrogen (secondary N) is 1. The first-order valence-corrected chi connectivity index (χ1v) is 8.38. The van der Waals surface area contributed by atoms with Gasteiger partial charge in [-0.3, -0.25) is 0 Å². The average molecular weight is 314 g/mol. The van der Waals surface area contributed by atoms with Crippen LogP contribution in [0.4, 0.5) is 0 Å². The van der Waals surface area contributed by atoms with Crippen molar-refractivity contribution in [1.29, 1.82) is 0 Å². The number of ether oxygens (including phenoxy) is 2. The van der Waals surface area contributed by atoms with E-state index >= 15 is 0 Å². The first kappa shape index (κ1) is 16.2. The monoisotopic (exact) mass is 314 g/mol. The van der Waals surface area contributed by atoms with E-state index in [0.29, 0.717) is 18.8 Å². The lowest BCUT2D eigenvalue weighted by molar-refractivity contribution is -0.0444. The number of hydrogen-bond acceptors (Lipinski definition) is 4. The maximum Gasteiger partial charge on any atom is 0.279 e. The van der Waals surface area contributed by atoms with Crippen molar-refractivity contribution >= 4 is 10.2 Å². The first-order chi connectivity index (χ1) is 9.90. The highest BCUT2D eigenvalue weighted by atomic mass is 32.2. The molecule has 1 aromatic carbocycles. The van der Waals surface area contributed by atoms with Crippen LogP contribution in [0, 0.1) is 0 Å². The Bertz CT molecular complexity index is 566. The van der Waals surface area contributed by atoms with Gasteiger partial charge < -0.3 is 9.47 Å². The zero-order chi connectivity index (χ0) is 15.5. The van der Waals surface area contributed by atoms with Crippen molar-refractivity contribution in [2.24, 2.45) is 0 Å². The molecule has 2 unspecified atom stereocenters. The molecule has 0 radical (unpaired) electrons. The van der Waals surface area contributed by atoms with Gasteiger partial charge in [-0.15, -0.1) is 0 Å². The van der Waals surface area contributed by atoms with Crippen molar-refractivity contribution < 1.29 is 17.9 Å². The molecule has 0 aromatic heterocycles. The van der Waals surface area contributed by atoms with Gasteiger partial charge in [0.05, 0.1) is 19.3 Å². The number of methoxy groups -OCH3 is 1. The van der Waals surface area contributed by atoms with Crippen LogP contribution in [0.2, 0.25) is 0 Å². The van der Waals surface area contributed by atoms with Crippen LogP contribution in [0.25, 0.3) is 0 Å². The summed E-state index contributed by atoms with van der Waals surface area (Å²) in [6.45, 7) is 4.73. The quantitative estimate of drug-likeness (QED) is 0.885. The van der Waals surface area contributed by atoms with E-state index < -0.39 is 10.2 Å². The molecule has 0 saturated carbocycles. The van der Waals surface area contributed by atoms with Gasteiger partial charge >= 0.3 is 0 Å². The van der Waals surface area contributed by atoms with Crippen LogP contribution >= 0.6 is 0 Å². The number of hydrogen-bond donors (Lipinski definition) is 1. The largest absolute Gasteiger partial charge is 0.497 e. The van der Waals surface area contributed by atoms with Gasteiger partial charge in [-0.2, -0.15) is 17.4 Å². The molecular weight excluding hydrogens is 292 g/mol. The van der Waals surface area contributed by atoms with E-state index in [4.69, 9.17) is 9.47 Å². The van der Waals surface area contributed by atoms with Gasteiger partial charge in [0, 0.05) is 19.6 Å². The molecule has 1 fully saturated rings. The van der Waals surface area contributed by atoms with Crippen molar-refractivity contribution in [1.82, 2.24) is 9.03 Å². The van der Waals surface area contributed by atoms with Crippen LogP contribution in [-0.2, 0) is 21.5 Å². The molecular formula is C14H22N2O4S. The third kappa shape index (κ3) is 4.41. The number of rotatable bonds is 5. The predicted molar refractivity (Wildman–Crippen MR) is 80.3 cm³/mol. The summed E-state index contributed by atoms with van der Waals surface area (Å²) in [6, 6.07) is 7.33. The summed E-state index contributed by atoms with van der Waals surface area (Å²) >= 11 is 0. The van der Waals surface area contributed by atoms with E-state index in [1.54, 1.807) is 7.11 Å². The van der Waals surface area contributed by atoms with Crippen molar-refractivity contribution in [3.63, 3.8) is 0 Å². The zero-order valence-electron chi connectivity index (χ0n) is 12.6. The molecule has 1 aliphatic rings. The summed E-state index contributed by atoms with van der Waals surface area (Å²) in [4.78, 5) is 0. The number of benzene rings is 1. The minimum atomic E-state index is -3.50. The smallest absolute Gasteiger partial charge is 0.279 e. The SMILES string of the molecule is COc1cccc(CNS(=O)(=O)N2CC(C)OC(C)C2)c1. The fraction of sp³-hybridized carbons (Fsp3) is 0.571. The average Bonchev–Trinajstić information content (AvgIpc) is 2.44. The zero-order valence-corrected chi connectivity index (χ0v) is 13.4. The van der Waals surface area contributed by atoms with E-state index in [2.05, 4.69) is 4.72 Å². The van der Waals surface area contributed by atoms with Gasteiger partial charge in [-0.1, -0.05) is 12.1 Å². The van der Waals surface area contributed by atoms with Gasteiger partial charge in [0.2, 0.25) is 0 Å². The molecule has 0 bridgehead atoms. The van der Waals surface area contributed by atoms with E-state index in [0.717, 1.165) is 5.56 Å². The highest BCUT2D eigenvalue weighted by molar-refractivity contribution is 7.87. The molecule has 7 heteroatoms. The van der Waals surface area contributed by atoms with E-state index in [9.17, 15) is 8.42 Å². The van der Waals surface area contributed by atoms with Crippen molar-refractivity contribution in [2.45, 2.75) is 32.6 Å². The molecule has 0 spiro atoms. The Morgan fingerprint density at radius 1 is 1.33 bits per heavy atom. The molecule has 118 valence electrons. The van der Waals surface area contributed by atoms with Gasteiger partial charge in [0.15, 0.2) is 0 Å². The number of nitrogens with zero attached hydrogens (tertiary/aromatic N) is 1. The summed E-state index contributed by atoms with van der Waals surface area (Å²) < 4.78 is 39.4. The molecule has 1 heterocycles. The molecule has 2 rings (SSSR count). The fourth-order valence-corrected chi connectivity index (χ4v) is 3.72. The van der Waals surface area contributed by atoms with Crippen LogP contribution in [0.3, 0.4) is 0 Å². The first-order valence-electron chi connectivity index (χ1n) is 6.94. The lowest BCUT2D eigenvalue weighted by atomic mass is 10.2. The van der Waals surface area contributed by atoms with E-state index in [1.807, 2.05) is 38.1 Å². The summed E-state index contributed by atoms with van der Waals surface area (Å²) in [7, 11) is -1.92. The Balaban J connectivity index is 2.00. The minimum Gasteiger partial charge on any atom is -0.497 e. The highest BCUT2D eigenvalue weighted by Crippen LogP contribution is 2.15. The van der Waals surface area contributed by atoms with Crippen LogP contribution in [0.5, 0.6) is 5.75 Å². The van der Waals surface area contributed by atoms with Crippen LogP contribution in [0.15, 0.2) is 24.3 Å². The van der Waals surface area contributed by atoms with Crippen molar-refractivity contribution in [2.75, 3.05) is 20.2 Å². The van der Waals surface area contributed by atoms with Crippen LogP contribution < -0.4 is 9.46 Å². The molecule has 1 aromatic rings. The highest BCUT2D eigenvalue weighted by Gasteiger charge is 2.30. The fourth-order valence-electron chi connectivity index (χ4n) is 2.38. The Labute approximate surface area is 126 Å². The second-order valence-corrected chi connectivity index (χ2v) is 7.01. The molecule has 2 atom stereocenters. The maximum atomic E-state index is 12.3. The van der Waals surface area contributed by atoms with Crippen LogP contribution in [0.1, 0.15) is 19.4 Å². The Morgan fingerprint density at radius 3 is 2.62 bits per heavy atom.